The van der Waals surface area contributed by atoms with Gasteiger partial charge in [0.25, 0.3) is 0 Å². The number of fused-ring (bicyclic) bond motifs is 1. The van der Waals surface area contributed by atoms with Crippen LogP contribution in [-0.2, 0) is 6.18 Å². The van der Waals surface area contributed by atoms with E-state index in [0.717, 1.165) is 0 Å². The fraction of sp³-hybridized carbons (Fsp3) is 0.0625. The van der Waals surface area contributed by atoms with Gasteiger partial charge in [0.15, 0.2) is 0 Å². The van der Waals surface area contributed by atoms with E-state index in [2.05, 4.69) is 4.98 Å². The Morgan fingerprint density at radius 1 is 0.909 bits per heavy atom. The minimum absolute atomic E-state index is 0.0716. The maximum atomic E-state index is 13.1. The molecule has 6 heteroatoms. The number of halogens is 3. The first-order valence-electron chi connectivity index (χ1n) is 6.38. The van der Waals surface area contributed by atoms with Crippen molar-refractivity contribution in [2.45, 2.75) is 6.18 Å². The number of H-pyrrole nitrogens is 1. The van der Waals surface area contributed by atoms with Crippen LogP contribution in [0.3, 0.4) is 0 Å². The number of nitrogens with one attached hydrogen (secondary N) is 1. The molecule has 0 amide bonds. The largest absolute Gasteiger partial charge is 0.508 e. The molecule has 0 radical (unpaired) electrons. The van der Waals surface area contributed by atoms with Crippen LogP contribution in [0.4, 0.5) is 13.2 Å². The van der Waals surface area contributed by atoms with Crippen molar-refractivity contribution in [1.29, 1.82) is 0 Å². The minimum atomic E-state index is -4.61. The predicted octanol–water partition coefficient (Wildman–Crippen LogP) is 3.92. The van der Waals surface area contributed by atoms with Gasteiger partial charge in [0.1, 0.15) is 5.75 Å². The van der Waals surface area contributed by atoms with Crippen LogP contribution < -0.4 is 5.56 Å². The quantitative estimate of drug-likeness (QED) is 0.716. The van der Waals surface area contributed by atoms with Crippen LogP contribution in [0.5, 0.6) is 5.75 Å². The molecule has 3 aromatic rings. The molecule has 1 heterocycles. The average Bonchev–Trinajstić information content (AvgIpc) is 2.46. The van der Waals surface area contributed by atoms with Crippen LogP contribution in [-0.4, -0.2) is 10.1 Å². The molecule has 0 spiro atoms. The first-order chi connectivity index (χ1) is 10.3. The van der Waals surface area contributed by atoms with Crippen LogP contribution in [0.1, 0.15) is 5.56 Å². The molecule has 0 atom stereocenters. The smallest absolute Gasteiger partial charge is 0.417 e. The van der Waals surface area contributed by atoms with E-state index in [1.807, 2.05) is 0 Å². The van der Waals surface area contributed by atoms with Gasteiger partial charge in [0.2, 0.25) is 5.56 Å². The second-order valence-corrected chi connectivity index (χ2v) is 4.85. The fourth-order valence-corrected chi connectivity index (χ4v) is 2.32. The van der Waals surface area contributed by atoms with E-state index in [1.54, 1.807) is 18.2 Å². The van der Waals surface area contributed by atoms with Gasteiger partial charge < -0.3 is 10.1 Å². The number of aromatic nitrogens is 1. The zero-order chi connectivity index (χ0) is 15.9. The van der Waals surface area contributed by atoms with Gasteiger partial charge >= 0.3 is 6.18 Å². The van der Waals surface area contributed by atoms with Gasteiger partial charge in [-0.1, -0.05) is 18.2 Å². The Morgan fingerprint density at radius 2 is 1.55 bits per heavy atom. The van der Waals surface area contributed by atoms with Gasteiger partial charge in [0.05, 0.1) is 5.56 Å². The average molecular weight is 305 g/mol. The number of rotatable bonds is 1. The number of benzene rings is 2. The van der Waals surface area contributed by atoms with Crippen LogP contribution >= 0.6 is 0 Å². The number of phenols is 1. The third kappa shape index (κ3) is 2.55. The lowest BCUT2D eigenvalue weighted by Crippen LogP contribution is -2.13. The van der Waals surface area contributed by atoms with Crippen LogP contribution in [0.2, 0.25) is 0 Å². The molecule has 0 saturated carbocycles. The summed E-state index contributed by atoms with van der Waals surface area (Å²) in [5, 5.41) is 9.20. The Bertz CT molecular complexity index is 896. The van der Waals surface area contributed by atoms with Crippen molar-refractivity contribution in [3.63, 3.8) is 0 Å². The number of phenolic OH excluding ortho intramolecular Hbond substituents is 1. The fourth-order valence-electron chi connectivity index (χ4n) is 2.32. The summed E-state index contributed by atoms with van der Waals surface area (Å²) in [6.45, 7) is 0. The van der Waals surface area contributed by atoms with Gasteiger partial charge in [-0.25, -0.2) is 0 Å². The summed E-state index contributed by atoms with van der Waals surface area (Å²) in [4.78, 5) is 13.8. The van der Waals surface area contributed by atoms with Gasteiger partial charge in [-0.2, -0.15) is 13.2 Å². The summed E-state index contributed by atoms with van der Waals surface area (Å²) in [5.41, 5.74) is -0.407. The molecular formula is C16H10F3NO2. The van der Waals surface area contributed by atoms with E-state index < -0.39 is 17.3 Å². The van der Waals surface area contributed by atoms with Crippen molar-refractivity contribution < 1.29 is 18.3 Å². The molecular weight excluding hydrogens is 295 g/mol. The van der Waals surface area contributed by atoms with Gasteiger partial charge in [0, 0.05) is 17.0 Å². The summed E-state index contributed by atoms with van der Waals surface area (Å²) in [6.07, 6.45) is -4.61. The minimum Gasteiger partial charge on any atom is -0.508 e. The number of hydrogen-bond acceptors (Lipinski definition) is 2. The maximum Gasteiger partial charge on any atom is 0.417 e. The molecule has 0 bridgehead atoms. The molecule has 1 aromatic heterocycles. The summed E-state index contributed by atoms with van der Waals surface area (Å²) in [7, 11) is 0. The van der Waals surface area contributed by atoms with Crippen molar-refractivity contribution in [2.75, 3.05) is 0 Å². The number of aromatic hydroxyl groups is 1. The Labute approximate surface area is 122 Å². The van der Waals surface area contributed by atoms with Crippen molar-refractivity contribution in [1.82, 2.24) is 4.98 Å². The van der Waals surface area contributed by atoms with E-state index in [0.29, 0.717) is 17.2 Å². The van der Waals surface area contributed by atoms with E-state index in [1.165, 1.54) is 24.3 Å². The van der Waals surface area contributed by atoms with Crippen molar-refractivity contribution in [2.24, 2.45) is 0 Å². The first-order valence-corrected chi connectivity index (χ1v) is 6.38. The van der Waals surface area contributed by atoms with E-state index in [4.69, 9.17) is 0 Å². The lowest BCUT2D eigenvalue weighted by molar-refractivity contribution is -0.136. The van der Waals surface area contributed by atoms with Crippen LogP contribution in [0.15, 0.2) is 53.3 Å². The third-order valence-corrected chi connectivity index (χ3v) is 3.35. The standard InChI is InChI=1S/C16H10F3NO2/c17-16(18,19)13-8-15(22)20-14-6-3-10(7-12(13)14)9-1-4-11(21)5-2-9/h1-8,21H,(H,20,22). The van der Waals surface area contributed by atoms with Gasteiger partial charge in [-0.3, -0.25) is 4.79 Å². The van der Waals surface area contributed by atoms with Crippen molar-refractivity contribution >= 4 is 10.9 Å². The molecule has 0 saturated heterocycles. The van der Waals surface area contributed by atoms with Crippen LogP contribution in [0.25, 0.3) is 22.0 Å². The molecule has 112 valence electrons. The maximum absolute atomic E-state index is 13.1. The highest BCUT2D eigenvalue weighted by Crippen LogP contribution is 2.35. The Balaban J connectivity index is 2.26. The lowest BCUT2D eigenvalue weighted by Gasteiger charge is -2.11. The van der Waals surface area contributed by atoms with Crippen molar-refractivity contribution in [3.05, 3.63) is 64.4 Å². The molecule has 2 N–H and O–H groups in total. The van der Waals surface area contributed by atoms with E-state index in [-0.39, 0.29) is 16.7 Å². The van der Waals surface area contributed by atoms with E-state index in [9.17, 15) is 23.1 Å². The predicted molar refractivity (Wildman–Crippen MR) is 76.7 cm³/mol. The Hall–Kier alpha value is -2.76. The Morgan fingerprint density at radius 3 is 2.18 bits per heavy atom. The molecule has 3 rings (SSSR count). The monoisotopic (exact) mass is 305 g/mol. The topological polar surface area (TPSA) is 53.1 Å². The highest BCUT2D eigenvalue weighted by atomic mass is 19.4. The zero-order valence-corrected chi connectivity index (χ0v) is 11.1. The van der Waals surface area contributed by atoms with Crippen LogP contribution in [0, 0.1) is 0 Å². The molecule has 0 aliphatic carbocycles. The molecule has 0 unspecified atom stereocenters. The number of hydrogen-bond donors (Lipinski definition) is 2. The molecule has 0 aliphatic rings. The molecule has 3 nitrogen and oxygen atoms in total. The second-order valence-electron chi connectivity index (χ2n) is 4.85. The molecule has 22 heavy (non-hydrogen) atoms. The third-order valence-electron chi connectivity index (χ3n) is 3.35. The molecule has 0 aliphatic heterocycles. The lowest BCUT2D eigenvalue weighted by atomic mass is 10.0. The Kier molecular flexibility index (Phi) is 3.16. The number of alkyl halides is 3. The summed E-state index contributed by atoms with van der Waals surface area (Å²) in [6, 6.07) is 11.1. The summed E-state index contributed by atoms with van der Waals surface area (Å²) >= 11 is 0. The highest BCUT2D eigenvalue weighted by molar-refractivity contribution is 5.87. The molecule has 0 fully saturated rings. The summed E-state index contributed by atoms with van der Waals surface area (Å²) in [5.74, 6) is 0.0739. The summed E-state index contributed by atoms with van der Waals surface area (Å²) < 4.78 is 39.3. The normalized spacial score (nSPS) is 11.8. The SMILES string of the molecule is O=c1cc(C(F)(F)F)c2cc(-c3ccc(O)cc3)ccc2[nH]1. The highest BCUT2D eigenvalue weighted by Gasteiger charge is 2.33. The van der Waals surface area contributed by atoms with Gasteiger partial charge in [-0.15, -0.1) is 0 Å². The second kappa shape index (κ2) is 4.91. The first kappa shape index (κ1) is 14.2. The zero-order valence-electron chi connectivity index (χ0n) is 11.1. The molecule has 2 aromatic carbocycles. The van der Waals surface area contributed by atoms with Crippen molar-refractivity contribution in [3.8, 4) is 16.9 Å². The number of pyridine rings is 1. The van der Waals surface area contributed by atoms with Gasteiger partial charge in [-0.05, 0) is 35.4 Å². The van der Waals surface area contributed by atoms with E-state index >= 15 is 0 Å². The number of aromatic amines is 1.